The van der Waals surface area contributed by atoms with Gasteiger partial charge in [0.1, 0.15) is 0 Å². The summed E-state index contributed by atoms with van der Waals surface area (Å²) < 4.78 is 0. The lowest BCUT2D eigenvalue weighted by Gasteiger charge is -2.02. The molecule has 0 nitrogen and oxygen atoms in total. The van der Waals surface area contributed by atoms with E-state index in [-0.39, 0.29) is 0 Å². The molecule has 0 N–H and O–H groups in total. The first kappa shape index (κ1) is 18.5. The lowest BCUT2D eigenvalue weighted by Crippen LogP contribution is -1.82. The monoisotopic (exact) mass is 263 g/mol. The van der Waals surface area contributed by atoms with Gasteiger partial charge in [-0.2, -0.15) is 0 Å². The van der Waals surface area contributed by atoms with Gasteiger partial charge in [-0.25, -0.2) is 0 Å². The maximum Gasteiger partial charge on any atom is -0.0348 e. The minimum Gasteiger partial charge on any atom is -0.0845 e. The van der Waals surface area contributed by atoms with Gasteiger partial charge < -0.3 is 0 Å². The maximum absolute atomic E-state index is 5.27. The van der Waals surface area contributed by atoms with Gasteiger partial charge in [0.05, 0.1) is 0 Å². The second kappa shape index (κ2) is 17.5. The van der Waals surface area contributed by atoms with E-state index in [1.165, 1.54) is 89.9 Å². The van der Waals surface area contributed by atoms with E-state index in [4.69, 9.17) is 6.58 Å². The van der Waals surface area contributed by atoms with Gasteiger partial charge in [0.15, 0.2) is 0 Å². The molecule has 19 heavy (non-hydrogen) atoms. The average Bonchev–Trinajstić information content (AvgIpc) is 2.43. The van der Waals surface area contributed by atoms with Gasteiger partial charge in [-0.05, 0) is 12.8 Å². The zero-order chi connectivity index (χ0) is 14.0. The summed E-state index contributed by atoms with van der Waals surface area (Å²) in [6.07, 6.45) is 25.4. The van der Waals surface area contributed by atoms with E-state index in [1.807, 2.05) is 6.08 Å². The Hall–Kier alpha value is -0.520. The predicted molar refractivity (Wildman–Crippen MR) is 88.3 cm³/mol. The highest BCUT2D eigenvalue weighted by Gasteiger charge is 1.93. The summed E-state index contributed by atoms with van der Waals surface area (Å²) in [5.41, 5.74) is 0. The molecular weight excluding hydrogens is 228 g/mol. The number of rotatable bonds is 15. The summed E-state index contributed by atoms with van der Waals surface area (Å²) in [7, 11) is 0. The Morgan fingerprint density at radius 2 is 1.05 bits per heavy atom. The fraction of sp³-hybridized carbons (Fsp3) is 0.789. The van der Waals surface area contributed by atoms with Crippen molar-refractivity contribution in [3.05, 3.63) is 24.8 Å². The van der Waals surface area contributed by atoms with Crippen LogP contribution in [0.3, 0.4) is 0 Å². The molecule has 0 fully saturated rings. The first-order valence-electron chi connectivity index (χ1n) is 8.62. The van der Waals surface area contributed by atoms with Crippen LogP contribution in [0.5, 0.6) is 0 Å². The molecule has 0 aliphatic rings. The van der Waals surface area contributed by atoms with Gasteiger partial charge in [0.2, 0.25) is 0 Å². The number of allylic oxidation sites excluding steroid dienone is 3. The van der Waals surface area contributed by atoms with Crippen molar-refractivity contribution in [3.8, 4) is 0 Å². The van der Waals surface area contributed by atoms with Crippen LogP contribution in [-0.4, -0.2) is 0 Å². The highest BCUT2D eigenvalue weighted by Crippen LogP contribution is 2.12. The van der Waals surface area contributed by atoms with Gasteiger partial charge in [0.25, 0.3) is 0 Å². The summed E-state index contributed by atoms with van der Waals surface area (Å²) >= 11 is 0. The lowest BCUT2D eigenvalue weighted by molar-refractivity contribution is 0.540. The van der Waals surface area contributed by atoms with Crippen molar-refractivity contribution in [3.63, 3.8) is 0 Å². The van der Waals surface area contributed by atoms with Crippen LogP contribution in [0.2, 0.25) is 0 Å². The molecule has 1 radical (unpaired) electrons. The zero-order valence-corrected chi connectivity index (χ0v) is 13.2. The molecule has 0 aromatic heterocycles. The van der Waals surface area contributed by atoms with Crippen LogP contribution in [0.15, 0.2) is 18.2 Å². The maximum atomic E-state index is 5.27. The van der Waals surface area contributed by atoms with Gasteiger partial charge in [-0.3, -0.25) is 0 Å². The Balaban J connectivity index is 2.95. The summed E-state index contributed by atoms with van der Waals surface area (Å²) in [6.45, 7) is 7.56. The first-order chi connectivity index (χ1) is 9.41. The predicted octanol–water partition coefficient (Wildman–Crippen LogP) is 7.01. The topological polar surface area (TPSA) is 0 Å². The quantitative estimate of drug-likeness (QED) is 0.220. The van der Waals surface area contributed by atoms with Crippen molar-refractivity contribution < 1.29 is 0 Å². The molecule has 111 valence electrons. The summed E-state index contributed by atoms with van der Waals surface area (Å²) in [6, 6.07) is 0. The molecule has 0 aliphatic carbocycles. The molecule has 0 heterocycles. The van der Waals surface area contributed by atoms with Crippen LogP contribution < -0.4 is 0 Å². The molecule has 0 aromatic carbocycles. The van der Waals surface area contributed by atoms with Crippen molar-refractivity contribution in [2.75, 3.05) is 0 Å². The van der Waals surface area contributed by atoms with Gasteiger partial charge >= 0.3 is 0 Å². The van der Waals surface area contributed by atoms with Crippen molar-refractivity contribution in [2.24, 2.45) is 0 Å². The molecule has 0 unspecified atom stereocenters. The minimum atomic E-state index is 1.19. The normalized spacial score (nSPS) is 11.2. The van der Waals surface area contributed by atoms with E-state index < -0.39 is 0 Å². The lowest BCUT2D eigenvalue weighted by atomic mass is 10.0. The second-order valence-corrected chi connectivity index (χ2v) is 5.65. The van der Waals surface area contributed by atoms with E-state index >= 15 is 0 Å². The summed E-state index contributed by atoms with van der Waals surface area (Å²) in [4.78, 5) is 0. The van der Waals surface area contributed by atoms with Crippen molar-refractivity contribution in [1.29, 1.82) is 0 Å². The van der Waals surface area contributed by atoms with Crippen molar-refractivity contribution in [1.82, 2.24) is 0 Å². The van der Waals surface area contributed by atoms with Crippen LogP contribution in [-0.2, 0) is 0 Å². The van der Waals surface area contributed by atoms with E-state index in [0.29, 0.717) is 0 Å². The SMILES string of the molecule is [CH]=C/C=C/CCCCCCCCCCCCCCC. The third-order valence-corrected chi connectivity index (χ3v) is 3.72. The Labute approximate surface area is 122 Å². The molecule has 0 bridgehead atoms. The molecule has 0 aromatic rings. The Morgan fingerprint density at radius 3 is 1.47 bits per heavy atom. The van der Waals surface area contributed by atoms with Gasteiger partial charge in [-0.1, -0.05) is 109 Å². The highest BCUT2D eigenvalue weighted by atomic mass is 14.0. The summed E-state index contributed by atoms with van der Waals surface area (Å²) in [5, 5.41) is 0. The zero-order valence-electron chi connectivity index (χ0n) is 13.2. The van der Waals surface area contributed by atoms with E-state index in [1.54, 1.807) is 6.08 Å². The van der Waals surface area contributed by atoms with Crippen LogP contribution in [0.25, 0.3) is 0 Å². The standard InChI is InChI=1S/C19H35/c1-3-5-7-9-11-13-15-17-19-18-16-14-12-10-8-6-4-2/h1,3,5,7H,4,6,8-19H2,2H3/b3-1?,7-5+. The minimum absolute atomic E-state index is 1.19. The van der Waals surface area contributed by atoms with Crippen LogP contribution in [0.1, 0.15) is 96.8 Å². The average molecular weight is 263 g/mol. The Bertz CT molecular complexity index is 190. The fourth-order valence-corrected chi connectivity index (χ4v) is 2.45. The largest absolute Gasteiger partial charge is 0.0845 e. The molecule has 0 aliphatic heterocycles. The Kier molecular flexibility index (Phi) is 17.0. The first-order valence-corrected chi connectivity index (χ1v) is 8.62. The Morgan fingerprint density at radius 1 is 0.632 bits per heavy atom. The van der Waals surface area contributed by atoms with E-state index in [2.05, 4.69) is 13.0 Å². The van der Waals surface area contributed by atoms with E-state index in [0.717, 1.165) is 0 Å². The number of hydrogen-bond donors (Lipinski definition) is 0. The van der Waals surface area contributed by atoms with Crippen molar-refractivity contribution >= 4 is 0 Å². The molecule has 0 amide bonds. The molecule has 0 atom stereocenters. The smallest absolute Gasteiger partial charge is 0.0348 e. The van der Waals surface area contributed by atoms with E-state index in [9.17, 15) is 0 Å². The third-order valence-electron chi connectivity index (χ3n) is 3.72. The van der Waals surface area contributed by atoms with Crippen LogP contribution in [0.4, 0.5) is 0 Å². The highest BCUT2D eigenvalue weighted by molar-refractivity contribution is 4.95. The molecule has 0 heteroatoms. The third kappa shape index (κ3) is 17.5. The second-order valence-electron chi connectivity index (χ2n) is 5.65. The number of unbranched alkanes of at least 4 members (excludes halogenated alkanes) is 13. The van der Waals surface area contributed by atoms with Gasteiger partial charge in [0, 0.05) is 0 Å². The van der Waals surface area contributed by atoms with Crippen LogP contribution >= 0.6 is 0 Å². The molecular formula is C19H35. The van der Waals surface area contributed by atoms with Crippen molar-refractivity contribution in [2.45, 2.75) is 96.8 Å². The number of hydrogen-bond acceptors (Lipinski definition) is 0. The fourth-order valence-electron chi connectivity index (χ4n) is 2.45. The van der Waals surface area contributed by atoms with Gasteiger partial charge in [-0.15, -0.1) is 0 Å². The van der Waals surface area contributed by atoms with Crippen LogP contribution in [0, 0.1) is 6.58 Å². The summed E-state index contributed by atoms with van der Waals surface area (Å²) in [5.74, 6) is 0. The molecule has 0 spiro atoms. The molecule has 0 rings (SSSR count). The molecule has 0 saturated heterocycles. The molecule has 0 saturated carbocycles.